The van der Waals surface area contributed by atoms with E-state index < -0.39 is 15.8 Å². The van der Waals surface area contributed by atoms with E-state index in [0.29, 0.717) is 29.9 Å². The van der Waals surface area contributed by atoms with E-state index in [2.05, 4.69) is 10.5 Å². The summed E-state index contributed by atoms with van der Waals surface area (Å²) in [6, 6.07) is 10.0. The molecule has 2 aromatic rings. The third kappa shape index (κ3) is 5.20. The molecular weight excluding hydrogens is 425 g/mol. The van der Waals surface area contributed by atoms with Crippen molar-refractivity contribution in [2.24, 2.45) is 11.0 Å². The summed E-state index contributed by atoms with van der Waals surface area (Å²) in [5, 5.41) is 4.00. The average Bonchev–Trinajstić information content (AvgIpc) is 2.79. The Hall–Kier alpha value is -2.98. The highest BCUT2D eigenvalue weighted by Gasteiger charge is 2.32. The Kier molecular flexibility index (Phi) is 7.24. The minimum Gasteiger partial charge on any atom is -0.493 e. The van der Waals surface area contributed by atoms with Gasteiger partial charge in [-0.1, -0.05) is 6.07 Å². The SMILES string of the molecule is COc1cccc(/C=N\NC(=O)C2CCN(S(=O)(=O)c3ccc(F)cc3)CC2)c1OC. The molecule has 31 heavy (non-hydrogen) atoms. The molecule has 3 rings (SSSR count). The van der Waals surface area contributed by atoms with Gasteiger partial charge in [-0.2, -0.15) is 9.41 Å². The van der Waals surface area contributed by atoms with Crippen LogP contribution in [0.5, 0.6) is 11.5 Å². The highest BCUT2D eigenvalue weighted by Crippen LogP contribution is 2.29. The average molecular weight is 450 g/mol. The van der Waals surface area contributed by atoms with E-state index in [0.717, 1.165) is 12.1 Å². The molecule has 0 spiro atoms. The number of nitrogens with one attached hydrogen (secondary N) is 1. The van der Waals surface area contributed by atoms with Crippen LogP contribution in [0.1, 0.15) is 18.4 Å². The molecule has 1 heterocycles. The molecule has 0 unspecified atom stereocenters. The maximum absolute atomic E-state index is 13.1. The Bertz CT molecular complexity index is 1050. The molecule has 0 radical (unpaired) electrons. The second-order valence-electron chi connectivity index (χ2n) is 6.95. The summed E-state index contributed by atoms with van der Waals surface area (Å²) in [5.74, 6) is -0.0859. The Morgan fingerprint density at radius 2 is 1.81 bits per heavy atom. The fourth-order valence-electron chi connectivity index (χ4n) is 3.38. The summed E-state index contributed by atoms with van der Waals surface area (Å²) >= 11 is 0. The Labute approximate surface area is 180 Å². The predicted molar refractivity (Wildman–Crippen MR) is 113 cm³/mol. The normalized spacial score (nSPS) is 15.7. The van der Waals surface area contributed by atoms with Gasteiger partial charge in [-0.15, -0.1) is 0 Å². The molecule has 1 amide bonds. The number of carbonyl (C=O) groups is 1. The minimum atomic E-state index is -3.72. The molecule has 1 N–H and O–H groups in total. The number of halogens is 1. The van der Waals surface area contributed by atoms with Crippen molar-refractivity contribution in [3.8, 4) is 11.5 Å². The van der Waals surface area contributed by atoms with Gasteiger partial charge in [0.1, 0.15) is 5.82 Å². The van der Waals surface area contributed by atoms with Crippen molar-refractivity contribution in [1.82, 2.24) is 9.73 Å². The first-order chi connectivity index (χ1) is 14.9. The molecule has 0 bridgehead atoms. The van der Waals surface area contributed by atoms with Gasteiger partial charge in [0.15, 0.2) is 11.5 Å². The van der Waals surface area contributed by atoms with Gasteiger partial charge in [-0.25, -0.2) is 18.2 Å². The van der Waals surface area contributed by atoms with Gasteiger partial charge < -0.3 is 9.47 Å². The summed E-state index contributed by atoms with van der Waals surface area (Å²) in [6.45, 7) is 0.399. The number of hydrazone groups is 1. The van der Waals surface area contributed by atoms with Crippen LogP contribution in [0.2, 0.25) is 0 Å². The van der Waals surface area contributed by atoms with Crippen LogP contribution in [0.25, 0.3) is 0 Å². The molecule has 0 atom stereocenters. The number of methoxy groups -OCH3 is 2. The van der Waals surface area contributed by atoms with Crippen molar-refractivity contribution in [1.29, 1.82) is 0 Å². The fourth-order valence-corrected chi connectivity index (χ4v) is 4.85. The van der Waals surface area contributed by atoms with Crippen molar-refractivity contribution >= 4 is 22.1 Å². The monoisotopic (exact) mass is 449 g/mol. The molecule has 1 fully saturated rings. The third-order valence-corrected chi connectivity index (χ3v) is 7.00. The highest BCUT2D eigenvalue weighted by atomic mass is 32.2. The zero-order valence-corrected chi connectivity index (χ0v) is 18.1. The van der Waals surface area contributed by atoms with Gasteiger partial charge in [0.05, 0.1) is 25.3 Å². The first-order valence-corrected chi connectivity index (χ1v) is 11.1. The fraction of sp³-hybridized carbons (Fsp3) is 0.333. The highest BCUT2D eigenvalue weighted by molar-refractivity contribution is 7.89. The van der Waals surface area contributed by atoms with Gasteiger partial charge in [0.2, 0.25) is 15.9 Å². The predicted octanol–water partition coefficient (Wildman–Crippen LogP) is 2.39. The number of piperidine rings is 1. The molecule has 1 aliphatic heterocycles. The van der Waals surface area contributed by atoms with Crippen LogP contribution in [0, 0.1) is 11.7 Å². The van der Waals surface area contributed by atoms with E-state index in [1.165, 1.54) is 36.9 Å². The van der Waals surface area contributed by atoms with E-state index in [4.69, 9.17) is 9.47 Å². The van der Waals surface area contributed by atoms with Crippen molar-refractivity contribution in [2.45, 2.75) is 17.7 Å². The first kappa shape index (κ1) is 22.7. The van der Waals surface area contributed by atoms with Crippen molar-refractivity contribution < 1.29 is 27.1 Å². The molecule has 0 aromatic heterocycles. The summed E-state index contributed by atoms with van der Waals surface area (Å²) in [6.07, 6.45) is 2.20. The lowest BCUT2D eigenvalue weighted by Gasteiger charge is -2.30. The summed E-state index contributed by atoms with van der Waals surface area (Å²) in [5.41, 5.74) is 3.15. The van der Waals surface area contributed by atoms with Crippen LogP contribution >= 0.6 is 0 Å². The number of hydrogen-bond acceptors (Lipinski definition) is 6. The molecule has 2 aromatic carbocycles. The molecule has 166 valence electrons. The summed E-state index contributed by atoms with van der Waals surface area (Å²) < 4.78 is 50.3. The maximum Gasteiger partial charge on any atom is 0.243 e. The minimum absolute atomic E-state index is 0.0358. The van der Waals surface area contributed by atoms with E-state index in [1.807, 2.05) is 0 Å². The van der Waals surface area contributed by atoms with Crippen LogP contribution in [0.3, 0.4) is 0 Å². The van der Waals surface area contributed by atoms with Gasteiger partial charge in [-0.3, -0.25) is 4.79 Å². The van der Waals surface area contributed by atoms with Gasteiger partial charge in [-0.05, 0) is 49.2 Å². The summed E-state index contributed by atoms with van der Waals surface area (Å²) in [7, 11) is -0.669. The standard InChI is InChI=1S/C21H24FN3O5S/c1-29-19-5-3-4-16(20(19)30-2)14-23-24-21(26)15-10-12-25(13-11-15)31(27,28)18-8-6-17(22)7-9-18/h3-9,14-15H,10-13H2,1-2H3,(H,24,26)/b23-14-. The molecule has 10 heteroatoms. The molecule has 1 saturated heterocycles. The van der Waals surface area contributed by atoms with Gasteiger partial charge >= 0.3 is 0 Å². The number of ether oxygens (including phenoxy) is 2. The van der Waals surface area contributed by atoms with Crippen LogP contribution in [-0.4, -0.2) is 52.2 Å². The Morgan fingerprint density at radius 3 is 2.42 bits per heavy atom. The number of benzene rings is 2. The molecule has 0 saturated carbocycles. The van der Waals surface area contributed by atoms with E-state index >= 15 is 0 Å². The second kappa shape index (κ2) is 9.88. The molecule has 1 aliphatic rings. The Balaban J connectivity index is 1.57. The van der Waals surface area contributed by atoms with Crippen molar-refractivity contribution in [3.05, 3.63) is 53.8 Å². The lowest BCUT2D eigenvalue weighted by molar-refractivity contribution is -0.126. The number of carbonyl (C=O) groups excluding carboxylic acids is 1. The van der Waals surface area contributed by atoms with Crippen molar-refractivity contribution in [2.75, 3.05) is 27.3 Å². The van der Waals surface area contributed by atoms with Gasteiger partial charge in [0, 0.05) is 24.6 Å². The molecule has 0 aliphatic carbocycles. The van der Waals surface area contributed by atoms with Crippen LogP contribution in [0.15, 0.2) is 52.5 Å². The first-order valence-electron chi connectivity index (χ1n) is 9.66. The lowest BCUT2D eigenvalue weighted by atomic mass is 9.98. The molecular formula is C21H24FN3O5S. The van der Waals surface area contributed by atoms with Crippen LogP contribution in [0.4, 0.5) is 4.39 Å². The smallest absolute Gasteiger partial charge is 0.243 e. The lowest BCUT2D eigenvalue weighted by Crippen LogP contribution is -2.42. The van der Waals surface area contributed by atoms with Crippen molar-refractivity contribution in [3.63, 3.8) is 0 Å². The topological polar surface area (TPSA) is 97.3 Å². The van der Waals surface area contributed by atoms with E-state index in [-0.39, 0.29) is 29.8 Å². The third-order valence-electron chi connectivity index (χ3n) is 5.09. The maximum atomic E-state index is 13.1. The quantitative estimate of drug-likeness (QED) is 0.517. The number of amides is 1. The van der Waals surface area contributed by atoms with Crippen LogP contribution < -0.4 is 14.9 Å². The number of sulfonamides is 1. The largest absolute Gasteiger partial charge is 0.493 e. The number of para-hydroxylation sites is 1. The number of nitrogens with zero attached hydrogens (tertiary/aromatic N) is 2. The number of hydrogen-bond donors (Lipinski definition) is 1. The molecule has 8 nitrogen and oxygen atoms in total. The van der Waals surface area contributed by atoms with E-state index in [9.17, 15) is 17.6 Å². The number of rotatable bonds is 7. The Morgan fingerprint density at radius 1 is 1.13 bits per heavy atom. The zero-order valence-electron chi connectivity index (χ0n) is 17.2. The van der Waals surface area contributed by atoms with Crippen LogP contribution in [-0.2, 0) is 14.8 Å². The zero-order chi connectivity index (χ0) is 22.4. The summed E-state index contributed by atoms with van der Waals surface area (Å²) in [4.78, 5) is 12.5. The second-order valence-corrected chi connectivity index (χ2v) is 8.89. The van der Waals surface area contributed by atoms with Gasteiger partial charge in [0.25, 0.3) is 0 Å². The van der Waals surface area contributed by atoms with E-state index in [1.54, 1.807) is 18.2 Å².